The highest BCUT2D eigenvalue weighted by molar-refractivity contribution is 7.71. The molecule has 1 saturated heterocycles. The minimum Gasteiger partial charge on any atom is -0.339 e. The number of rotatable bonds is 5. The van der Waals surface area contributed by atoms with Crippen LogP contribution in [0.2, 0.25) is 0 Å². The number of likely N-dealkylation sites (tertiary alicyclic amines) is 1. The van der Waals surface area contributed by atoms with Gasteiger partial charge in [0.15, 0.2) is 5.82 Å². The predicted octanol–water partition coefficient (Wildman–Crippen LogP) is 4.94. The Morgan fingerprint density at radius 3 is 2.62 bits per heavy atom. The molecule has 0 radical (unpaired) electrons. The second kappa shape index (κ2) is 8.76. The number of halogens is 1. The number of piperidine rings is 1. The molecule has 4 aromatic rings. The summed E-state index contributed by atoms with van der Waals surface area (Å²) in [6.45, 7) is 4.42. The van der Waals surface area contributed by atoms with Crippen molar-refractivity contribution >= 4 is 12.2 Å². The van der Waals surface area contributed by atoms with Gasteiger partial charge in [-0.15, -0.1) is 0 Å². The Morgan fingerprint density at radius 1 is 1.09 bits per heavy atom. The van der Waals surface area contributed by atoms with E-state index in [2.05, 4.69) is 44.2 Å². The van der Waals surface area contributed by atoms with Gasteiger partial charge in [-0.25, -0.2) is 9.07 Å². The fourth-order valence-electron chi connectivity index (χ4n) is 4.00. The van der Waals surface area contributed by atoms with E-state index in [-0.39, 0.29) is 11.7 Å². The number of nitrogens with zero attached hydrogens (tertiary/aromatic N) is 5. The topological polar surface area (TPSA) is 75.8 Å². The Bertz CT molecular complexity index is 1260. The molecular formula is C23H23FN6OS. The first-order valence-corrected chi connectivity index (χ1v) is 11.0. The molecule has 7 nitrogen and oxygen atoms in total. The van der Waals surface area contributed by atoms with Crippen LogP contribution in [0.4, 0.5) is 4.39 Å². The van der Waals surface area contributed by atoms with Crippen molar-refractivity contribution in [3.05, 3.63) is 70.6 Å². The molecule has 2 aromatic heterocycles. The maximum atomic E-state index is 13.2. The second-order valence-corrected chi connectivity index (χ2v) is 8.53. The van der Waals surface area contributed by atoms with Gasteiger partial charge in [-0.3, -0.25) is 10.00 Å². The number of hydrogen-bond acceptors (Lipinski definition) is 6. The van der Waals surface area contributed by atoms with Crippen molar-refractivity contribution in [3.63, 3.8) is 0 Å². The van der Waals surface area contributed by atoms with Gasteiger partial charge in [0.1, 0.15) is 5.82 Å². The molecule has 164 valence electrons. The van der Waals surface area contributed by atoms with E-state index in [1.807, 2.05) is 16.8 Å². The SMILES string of the molecule is Cc1ccc(-c2nc(=S)n(CN3CCCC(c4nc(-c5ccc(F)cc5)no4)C3)[nH]2)cc1. The fraction of sp³-hybridized carbons (Fsp3) is 0.304. The number of aryl methyl sites for hydroxylation is 1. The minimum absolute atomic E-state index is 0.138. The van der Waals surface area contributed by atoms with Crippen molar-refractivity contribution in [2.24, 2.45) is 0 Å². The normalized spacial score (nSPS) is 17.0. The quantitative estimate of drug-likeness (QED) is 0.434. The Hall–Kier alpha value is -3.17. The molecule has 0 aliphatic carbocycles. The van der Waals surface area contributed by atoms with E-state index >= 15 is 0 Å². The molecule has 9 heteroatoms. The first-order valence-electron chi connectivity index (χ1n) is 10.6. The predicted molar refractivity (Wildman–Crippen MR) is 121 cm³/mol. The number of nitrogens with one attached hydrogen (secondary N) is 1. The van der Waals surface area contributed by atoms with Crippen LogP contribution in [0.5, 0.6) is 0 Å². The van der Waals surface area contributed by atoms with Crippen LogP contribution in [0.25, 0.3) is 22.8 Å². The zero-order valence-electron chi connectivity index (χ0n) is 17.7. The van der Waals surface area contributed by atoms with E-state index in [1.54, 1.807) is 12.1 Å². The summed E-state index contributed by atoms with van der Waals surface area (Å²) in [5.41, 5.74) is 2.95. The Morgan fingerprint density at radius 2 is 1.84 bits per heavy atom. The average Bonchev–Trinajstić information content (AvgIpc) is 3.43. The van der Waals surface area contributed by atoms with Gasteiger partial charge in [-0.2, -0.15) is 9.97 Å². The lowest BCUT2D eigenvalue weighted by Gasteiger charge is -2.30. The van der Waals surface area contributed by atoms with E-state index in [9.17, 15) is 4.39 Å². The number of aromatic nitrogens is 5. The highest BCUT2D eigenvalue weighted by Gasteiger charge is 2.26. The van der Waals surface area contributed by atoms with Gasteiger partial charge in [0, 0.05) is 17.7 Å². The maximum absolute atomic E-state index is 13.2. The molecule has 1 atom stereocenters. The lowest BCUT2D eigenvalue weighted by Crippen LogP contribution is -2.36. The molecule has 1 unspecified atom stereocenters. The maximum Gasteiger partial charge on any atom is 0.231 e. The summed E-state index contributed by atoms with van der Waals surface area (Å²) in [5, 5.41) is 7.42. The monoisotopic (exact) mass is 450 g/mol. The summed E-state index contributed by atoms with van der Waals surface area (Å²) >= 11 is 5.48. The molecule has 1 N–H and O–H groups in total. The lowest BCUT2D eigenvalue weighted by atomic mass is 9.98. The molecule has 1 aliphatic heterocycles. The van der Waals surface area contributed by atoms with E-state index in [1.165, 1.54) is 17.7 Å². The van der Waals surface area contributed by atoms with Gasteiger partial charge in [-0.05, 0) is 62.8 Å². The van der Waals surface area contributed by atoms with Gasteiger partial charge in [0.05, 0.1) is 12.6 Å². The van der Waals surface area contributed by atoms with Crippen molar-refractivity contribution in [2.45, 2.75) is 32.4 Å². The molecule has 32 heavy (non-hydrogen) atoms. The van der Waals surface area contributed by atoms with E-state index in [4.69, 9.17) is 16.7 Å². The van der Waals surface area contributed by atoms with Crippen LogP contribution >= 0.6 is 12.2 Å². The van der Waals surface area contributed by atoms with Crippen molar-refractivity contribution in [1.29, 1.82) is 0 Å². The van der Waals surface area contributed by atoms with E-state index in [0.29, 0.717) is 23.2 Å². The third-order valence-corrected chi connectivity index (χ3v) is 6.06. The number of aromatic amines is 1. The molecule has 2 aromatic carbocycles. The highest BCUT2D eigenvalue weighted by atomic mass is 32.1. The van der Waals surface area contributed by atoms with Crippen LogP contribution in [0, 0.1) is 17.5 Å². The minimum atomic E-state index is -0.289. The highest BCUT2D eigenvalue weighted by Crippen LogP contribution is 2.28. The third kappa shape index (κ3) is 4.39. The number of H-pyrrole nitrogens is 1. The van der Waals surface area contributed by atoms with E-state index < -0.39 is 0 Å². The second-order valence-electron chi connectivity index (χ2n) is 8.17. The number of benzene rings is 2. The lowest BCUT2D eigenvalue weighted by molar-refractivity contribution is 0.143. The third-order valence-electron chi connectivity index (χ3n) is 5.74. The molecule has 1 aliphatic rings. The Kier molecular flexibility index (Phi) is 5.67. The van der Waals surface area contributed by atoms with Crippen LogP contribution < -0.4 is 0 Å². The Balaban J connectivity index is 1.28. The van der Waals surface area contributed by atoms with Crippen LogP contribution in [0.15, 0.2) is 53.1 Å². The van der Waals surface area contributed by atoms with Crippen molar-refractivity contribution in [1.82, 2.24) is 29.8 Å². The van der Waals surface area contributed by atoms with Crippen LogP contribution in [0.1, 0.15) is 30.2 Å². The van der Waals surface area contributed by atoms with Crippen molar-refractivity contribution in [3.8, 4) is 22.8 Å². The van der Waals surface area contributed by atoms with Gasteiger partial charge in [-0.1, -0.05) is 35.0 Å². The molecule has 5 rings (SSSR count). The molecule has 0 spiro atoms. The number of hydrogen-bond donors (Lipinski definition) is 1. The summed E-state index contributed by atoms with van der Waals surface area (Å²) in [7, 11) is 0. The summed E-state index contributed by atoms with van der Waals surface area (Å²) < 4.78 is 21.2. The first-order chi connectivity index (χ1) is 15.5. The summed E-state index contributed by atoms with van der Waals surface area (Å²) in [6.07, 6.45) is 2.00. The largest absolute Gasteiger partial charge is 0.339 e. The molecule has 1 fully saturated rings. The Labute approximate surface area is 189 Å². The summed E-state index contributed by atoms with van der Waals surface area (Å²) in [6, 6.07) is 14.3. The average molecular weight is 451 g/mol. The molecule has 0 amide bonds. The summed E-state index contributed by atoms with van der Waals surface area (Å²) in [5.74, 6) is 1.71. The molecule has 3 heterocycles. The van der Waals surface area contributed by atoms with Gasteiger partial charge in [0.25, 0.3) is 0 Å². The zero-order valence-corrected chi connectivity index (χ0v) is 18.5. The van der Waals surface area contributed by atoms with E-state index in [0.717, 1.165) is 42.9 Å². The van der Waals surface area contributed by atoms with Crippen molar-refractivity contribution < 1.29 is 8.91 Å². The first kappa shape index (κ1) is 20.7. The smallest absolute Gasteiger partial charge is 0.231 e. The van der Waals surface area contributed by atoms with Gasteiger partial charge < -0.3 is 4.52 Å². The standard InChI is InChI=1S/C23H23FN6OS/c1-15-4-6-16(7-5-15)20-26-23(32)30(27-20)14-29-12-2-3-18(13-29)22-25-21(28-31-22)17-8-10-19(24)11-9-17/h4-11,18H,2-3,12-14H2,1H3,(H,26,27,32). The molecule has 0 saturated carbocycles. The molecular weight excluding hydrogens is 427 g/mol. The molecule has 0 bridgehead atoms. The van der Waals surface area contributed by atoms with Crippen molar-refractivity contribution in [2.75, 3.05) is 13.1 Å². The summed E-state index contributed by atoms with van der Waals surface area (Å²) in [4.78, 5) is 11.4. The van der Waals surface area contributed by atoms with Crippen LogP contribution in [-0.2, 0) is 6.67 Å². The zero-order chi connectivity index (χ0) is 22.1. The van der Waals surface area contributed by atoms with Crippen LogP contribution in [0.3, 0.4) is 0 Å². The van der Waals surface area contributed by atoms with Gasteiger partial charge >= 0.3 is 0 Å². The van der Waals surface area contributed by atoms with Crippen LogP contribution in [-0.4, -0.2) is 42.9 Å². The van der Waals surface area contributed by atoms with Gasteiger partial charge in [0.2, 0.25) is 16.5 Å². The fourth-order valence-corrected chi connectivity index (χ4v) is 4.19.